The number of pyridine rings is 1. The van der Waals surface area contributed by atoms with Crippen molar-refractivity contribution in [2.75, 3.05) is 18.1 Å². The number of nitrogens with zero attached hydrogens (tertiary/aromatic N) is 1. The SMILES string of the molecule is NC1(C(=O)OCC2CN(c3ccc4cc(-c5ccccc5C(F)(F)F)[nH]c(=O)c4c3)C(=O)O2)CCCC1. The molecule has 0 radical (unpaired) electrons. The molecule has 3 aromatic rings. The second-order valence-corrected chi connectivity index (χ2v) is 9.41. The number of ether oxygens (including phenoxy) is 2. The average molecular weight is 515 g/mol. The van der Waals surface area contributed by atoms with Crippen molar-refractivity contribution in [2.24, 2.45) is 5.73 Å². The molecule has 2 fully saturated rings. The van der Waals surface area contributed by atoms with Crippen LogP contribution in [0.2, 0.25) is 0 Å². The summed E-state index contributed by atoms with van der Waals surface area (Å²) in [5.41, 5.74) is 3.89. The van der Waals surface area contributed by atoms with E-state index in [1.54, 1.807) is 12.1 Å². The molecule has 5 rings (SSSR count). The average Bonchev–Trinajstić information content (AvgIpc) is 3.48. The minimum absolute atomic E-state index is 0.0283. The summed E-state index contributed by atoms with van der Waals surface area (Å²) in [6.07, 6.45) is -3.15. The second kappa shape index (κ2) is 9.22. The summed E-state index contributed by atoms with van der Waals surface area (Å²) in [7, 11) is 0. The maximum Gasteiger partial charge on any atom is 0.417 e. The van der Waals surface area contributed by atoms with E-state index in [-0.39, 0.29) is 29.8 Å². The van der Waals surface area contributed by atoms with Gasteiger partial charge in [0.25, 0.3) is 5.56 Å². The van der Waals surface area contributed by atoms with E-state index in [2.05, 4.69) is 4.98 Å². The van der Waals surface area contributed by atoms with E-state index in [4.69, 9.17) is 15.2 Å². The number of halogens is 3. The molecule has 8 nitrogen and oxygen atoms in total. The zero-order valence-electron chi connectivity index (χ0n) is 19.6. The van der Waals surface area contributed by atoms with Crippen LogP contribution in [0, 0.1) is 0 Å². The van der Waals surface area contributed by atoms with Crippen LogP contribution in [0.4, 0.5) is 23.7 Å². The third-order valence-electron chi connectivity index (χ3n) is 6.84. The number of fused-ring (bicyclic) bond motifs is 1. The van der Waals surface area contributed by atoms with Crippen molar-refractivity contribution in [1.29, 1.82) is 0 Å². The van der Waals surface area contributed by atoms with Crippen molar-refractivity contribution < 1.29 is 32.2 Å². The Morgan fingerprint density at radius 1 is 1.14 bits per heavy atom. The number of carbonyl (C=O) groups excluding carboxylic acids is 2. The van der Waals surface area contributed by atoms with E-state index in [1.165, 1.54) is 35.2 Å². The van der Waals surface area contributed by atoms with E-state index in [0.29, 0.717) is 23.9 Å². The highest BCUT2D eigenvalue weighted by atomic mass is 19.4. The number of carbonyl (C=O) groups is 2. The molecule has 194 valence electrons. The van der Waals surface area contributed by atoms with Crippen molar-refractivity contribution >= 4 is 28.5 Å². The fourth-order valence-corrected chi connectivity index (χ4v) is 4.87. The summed E-state index contributed by atoms with van der Waals surface area (Å²) in [4.78, 5) is 41.5. The Kier molecular flexibility index (Phi) is 6.18. The quantitative estimate of drug-likeness (QED) is 0.488. The predicted molar refractivity (Wildman–Crippen MR) is 129 cm³/mol. The molecule has 0 bridgehead atoms. The van der Waals surface area contributed by atoms with Gasteiger partial charge in [-0.05, 0) is 42.5 Å². The lowest BCUT2D eigenvalue weighted by molar-refractivity contribution is -0.152. The first-order valence-electron chi connectivity index (χ1n) is 11.8. The number of benzene rings is 2. The van der Waals surface area contributed by atoms with Crippen LogP contribution in [-0.4, -0.2) is 41.8 Å². The van der Waals surface area contributed by atoms with Crippen LogP contribution in [0.5, 0.6) is 0 Å². The predicted octanol–water partition coefficient (Wildman–Crippen LogP) is 4.35. The maximum atomic E-state index is 13.5. The highest BCUT2D eigenvalue weighted by Crippen LogP contribution is 2.37. The van der Waals surface area contributed by atoms with Crippen molar-refractivity contribution in [1.82, 2.24) is 4.98 Å². The lowest BCUT2D eigenvalue weighted by Gasteiger charge is -2.21. The van der Waals surface area contributed by atoms with E-state index in [9.17, 15) is 27.6 Å². The topological polar surface area (TPSA) is 115 Å². The fraction of sp³-hybridized carbons (Fsp3) is 0.346. The zero-order chi connectivity index (χ0) is 26.4. The summed E-state index contributed by atoms with van der Waals surface area (Å²) in [5, 5.41) is 0.599. The third kappa shape index (κ3) is 4.78. The first-order valence-corrected chi connectivity index (χ1v) is 11.8. The Labute approximate surface area is 209 Å². The van der Waals surface area contributed by atoms with Crippen LogP contribution in [0.1, 0.15) is 31.2 Å². The van der Waals surface area contributed by atoms with Crippen LogP contribution < -0.4 is 16.2 Å². The fourth-order valence-electron chi connectivity index (χ4n) is 4.87. The molecule has 11 heteroatoms. The Hall–Kier alpha value is -3.86. The molecule has 2 aromatic carbocycles. The van der Waals surface area contributed by atoms with Gasteiger partial charge >= 0.3 is 18.2 Å². The number of hydrogen-bond acceptors (Lipinski definition) is 6. The number of amides is 1. The molecule has 3 N–H and O–H groups in total. The van der Waals surface area contributed by atoms with Gasteiger partial charge in [0, 0.05) is 22.3 Å². The Bertz CT molecular complexity index is 1430. The maximum absolute atomic E-state index is 13.5. The highest BCUT2D eigenvalue weighted by Gasteiger charge is 2.40. The van der Waals surface area contributed by atoms with Crippen LogP contribution in [-0.2, 0) is 20.4 Å². The number of aromatic nitrogens is 1. The van der Waals surface area contributed by atoms with Gasteiger partial charge in [-0.15, -0.1) is 0 Å². The van der Waals surface area contributed by atoms with E-state index < -0.39 is 41.0 Å². The van der Waals surface area contributed by atoms with E-state index in [1.807, 2.05) is 0 Å². The number of rotatable bonds is 5. The monoisotopic (exact) mass is 515 g/mol. The number of cyclic esters (lactones) is 1. The second-order valence-electron chi connectivity index (χ2n) is 9.41. The molecule has 1 aliphatic heterocycles. The Balaban J connectivity index is 1.35. The lowest BCUT2D eigenvalue weighted by Crippen LogP contribution is -2.47. The molecule has 1 saturated carbocycles. The van der Waals surface area contributed by atoms with Crippen molar-refractivity contribution in [3.05, 3.63) is 64.4 Å². The summed E-state index contributed by atoms with van der Waals surface area (Å²) >= 11 is 0. The van der Waals surface area contributed by atoms with Gasteiger partial charge in [0.2, 0.25) is 0 Å². The standard InChI is InChI=1S/C26H24F3N3O5/c27-26(28,29)20-6-2-1-5-18(20)21-11-15-7-8-16(12-19(15)22(33)31-21)32-13-17(37-24(32)35)14-36-23(34)25(30)9-3-4-10-25/h1-2,5-8,11-12,17H,3-4,9-10,13-14,30H2,(H,31,33). The summed E-state index contributed by atoms with van der Waals surface area (Å²) in [6, 6.07) is 11.0. The highest BCUT2D eigenvalue weighted by molar-refractivity contribution is 5.95. The normalized spacial score (nSPS) is 19.3. The molecule has 2 aliphatic rings. The largest absolute Gasteiger partial charge is 0.460 e. The molecular formula is C26H24F3N3O5. The van der Waals surface area contributed by atoms with Gasteiger partial charge < -0.3 is 20.2 Å². The third-order valence-corrected chi connectivity index (χ3v) is 6.84. The van der Waals surface area contributed by atoms with Gasteiger partial charge in [-0.25, -0.2) is 4.79 Å². The number of esters is 1. The molecule has 1 amide bonds. The summed E-state index contributed by atoms with van der Waals surface area (Å²) < 4.78 is 51.0. The molecule has 1 saturated heterocycles. The number of nitrogens with two attached hydrogens (primary N) is 1. The minimum Gasteiger partial charge on any atom is -0.460 e. The number of H-pyrrole nitrogens is 1. The number of aromatic amines is 1. The van der Waals surface area contributed by atoms with E-state index in [0.717, 1.165) is 18.9 Å². The zero-order valence-corrected chi connectivity index (χ0v) is 19.6. The minimum atomic E-state index is -4.59. The van der Waals surface area contributed by atoms with Crippen LogP contribution in [0.3, 0.4) is 0 Å². The first-order chi connectivity index (χ1) is 17.5. The van der Waals surface area contributed by atoms with Gasteiger partial charge in [0.05, 0.1) is 12.1 Å². The van der Waals surface area contributed by atoms with Gasteiger partial charge in [-0.2, -0.15) is 13.2 Å². The molecule has 1 unspecified atom stereocenters. The molecule has 1 atom stereocenters. The molecule has 1 aromatic heterocycles. The summed E-state index contributed by atoms with van der Waals surface area (Å²) in [5.74, 6) is -0.514. The lowest BCUT2D eigenvalue weighted by atomic mass is 10.00. The van der Waals surface area contributed by atoms with Gasteiger partial charge in [0.1, 0.15) is 12.1 Å². The Morgan fingerprint density at radius 2 is 1.86 bits per heavy atom. The number of nitrogens with one attached hydrogen (secondary N) is 1. The van der Waals surface area contributed by atoms with Crippen LogP contribution >= 0.6 is 0 Å². The molecule has 0 spiro atoms. The van der Waals surface area contributed by atoms with Crippen LogP contribution in [0.25, 0.3) is 22.0 Å². The number of alkyl halides is 3. The smallest absolute Gasteiger partial charge is 0.417 e. The van der Waals surface area contributed by atoms with Crippen molar-refractivity contribution in [3.8, 4) is 11.3 Å². The van der Waals surface area contributed by atoms with Gasteiger partial charge in [-0.3, -0.25) is 14.5 Å². The van der Waals surface area contributed by atoms with Crippen molar-refractivity contribution in [3.63, 3.8) is 0 Å². The Morgan fingerprint density at radius 3 is 2.59 bits per heavy atom. The molecule has 37 heavy (non-hydrogen) atoms. The molecule has 2 heterocycles. The molecule has 1 aliphatic carbocycles. The number of anilines is 1. The molecular weight excluding hydrogens is 491 g/mol. The van der Waals surface area contributed by atoms with Gasteiger partial charge in [0.15, 0.2) is 6.10 Å². The summed E-state index contributed by atoms with van der Waals surface area (Å²) in [6.45, 7) is -0.0553. The van der Waals surface area contributed by atoms with Gasteiger partial charge in [-0.1, -0.05) is 37.1 Å². The van der Waals surface area contributed by atoms with E-state index >= 15 is 0 Å². The first kappa shape index (κ1) is 24.8. The number of hydrogen-bond donors (Lipinski definition) is 2. The van der Waals surface area contributed by atoms with Crippen LogP contribution in [0.15, 0.2) is 53.3 Å². The van der Waals surface area contributed by atoms with Crippen molar-refractivity contribution in [2.45, 2.75) is 43.5 Å².